The zero-order chi connectivity index (χ0) is 14.5. The standard InChI is InChI=1S/C15H17NO4/c1-10(11-4-3-5-13(6-11)19-2)16-8-14-7-12(9-20-14)15(17)18/h3-7,9-10,16H,8H2,1-2H3,(H,17,18)/t10-/m1/s1. The van der Waals surface area contributed by atoms with Crippen molar-refractivity contribution in [3.63, 3.8) is 0 Å². The van der Waals surface area contributed by atoms with Gasteiger partial charge in [0.1, 0.15) is 17.8 Å². The molecule has 0 unspecified atom stereocenters. The van der Waals surface area contributed by atoms with Crippen molar-refractivity contribution in [3.05, 3.63) is 53.5 Å². The topological polar surface area (TPSA) is 71.7 Å². The number of carboxylic acid groups (broad SMARTS) is 1. The molecule has 0 bridgehead atoms. The molecule has 0 fully saturated rings. The van der Waals surface area contributed by atoms with Crippen LogP contribution in [0.15, 0.2) is 41.0 Å². The fourth-order valence-corrected chi connectivity index (χ4v) is 1.87. The van der Waals surface area contributed by atoms with Crippen molar-refractivity contribution in [1.82, 2.24) is 5.32 Å². The predicted molar refractivity (Wildman–Crippen MR) is 73.9 cm³/mol. The number of ether oxygens (including phenoxy) is 1. The first-order valence-corrected chi connectivity index (χ1v) is 6.28. The minimum absolute atomic E-state index is 0.100. The molecule has 2 aromatic rings. The number of furan rings is 1. The molecule has 1 aromatic heterocycles. The van der Waals surface area contributed by atoms with Gasteiger partial charge in [-0.2, -0.15) is 0 Å². The molecule has 106 valence electrons. The van der Waals surface area contributed by atoms with Crippen molar-refractivity contribution in [2.45, 2.75) is 19.5 Å². The Labute approximate surface area is 117 Å². The van der Waals surface area contributed by atoms with Crippen LogP contribution in [0.1, 0.15) is 34.6 Å². The van der Waals surface area contributed by atoms with E-state index in [0.717, 1.165) is 11.3 Å². The summed E-state index contributed by atoms with van der Waals surface area (Å²) in [6, 6.07) is 9.41. The predicted octanol–water partition coefficient (Wildman–Crippen LogP) is 2.84. The Kier molecular flexibility index (Phi) is 4.42. The van der Waals surface area contributed by atoms with Crippen LogP contribution in [0.25, 0.3) is 0 Å². The highest BCUT2D eigenvalue weighted by Crippen LogP contribution is 2.19. The van der Waals surface area contributed by atoms with Gasteiger partial charge in [-0.1, -0.05) is 12.1 Å². The fraction of sp³-hybridized carbons (Fsp3) is 0.267. The van der Waals surface area contributed by atoms with E-state index in [1.807, 2.05) is 31.2 Å². The Hall–Kier alpha value is -2.27. The number of benzene rings is 1. The van der Waals surface area contributed by atoms with Gasteiger partial charge >= 0.3 is 5.97 Å². The molecular weight excluding hydrogens is 258 g/mol. The Morgan fingerprint density at radius 2 is 2.25 bits per heavy atom. The molecule has 2 rings (SSSR count). The van der Waals surface area contributed by atoms with Crippen LogP contribution in [0.2, 0.25) is 0 Å². The van der Waals surface area contributed by atoms with Gasteiger partial charge in [0.15, 0.2) is 0 Å². The highest BCUT2D eigenvalue weighted by atomic mass is 16.5. The van der Waals surface area contributed by atoms with Crippen molar-refractivity contribution in [2.24, 2.45) is 0 Å². The summed E-state index contributed by atoms with van der Waals surface area (Å²) in [6.07, 6.45) is 1.25. The van der Waals surface area contributed by atoms with E-state index < -0.39 is 5.97 Å². The maximum atomic E-state index is 10.8. The van der Waals surface area contributed by atoms with Crippen LogP contribution < -0.4 is 10.1 Å². The van der Waals surface area contributed by atoms with Crippen molar-refractivity contribution in [3.8, 4) is 5.75 Å². The lowest BCUT2D eigenvalue weighted by Crippen LogP contribution is -2.17. The summed E-state index contributed by atoms with van der Waals surface area (Å²) in [5.41, 5.74) is 1.25. The molecule has 5 nitrogen and oxygen atoms in total. The summed E-state index contributed by atoms with van der Waals surface area (Å²) in [4.78, 5) is 10.8. The van der Waals surface area contributed by atoms with Gasteiger partial charge < -0.3 is 19.6 Å². The second kappa shape index (κ2) is 6.25. The monoisotopic (exact) mass is 275 g/mol. The molecule has 1 atom stereocenters. The number of aromatic carboxylic acids is 1. The van der Waals surface area contributed by atoms with E-state index in [-0.39, 0.29) is 11.6 Å². The van der Waals surface area contributed by atoms with Gasteiger partial charge in [0.2, 0.25) is 0 Å². The van der Waals surface area contributed by atoms with Gasteiger partial charge in [-0.25, -0.2) is 4.79 Å². The van der Waals surface area contributed by atoms with Crippen molar-refractivity contribution in [2.75, 3.05) is 7.11 Å². The molecule has 0 amide bonds. The number of hydrogen-bond donors (Lipinski definition) is 2. The van der Waals surface area contributed by atoms with Crippen molar-refractivity contribution in [1.29, 1.82) is 0 Å². The third-order valence-corrected chi connectivity index (χ3v) is 3.08. The van der Waals surface area contributed by atoms with Crippen molar-refractivity contribution >= 4 is 5.97 Å². The highest BCUT2D eigenvalue weighted by molar-refractivity contribution is 5.87. The second-order valence-electron chi connectivity index (χ2n) is 4.49. The van der Waals surface area contributed by atoms with E-state index in [0.29, 0.717) is 12.3 Å². The third-order valence-electron chi connectivity index (χ3n) is 3.08. The first kappa shape index (κ1) is 14.1. The second-order valence-corrected chi connectivity index (χ2v) is 4.49. The molecule has 0 aliphatic rings. The summed E-state index contributed by atoms with van der Waals surface area (Å²) < 4.78 is 10.4. The molecule has 0 radical (unpaired) electrons. The normalized spacial score (nSPS) is 12.1. The fourth-order valence-electron chi connectivity index (χ4n) is 1.87. The lowest BCUT2D eigenvalue weighted by atomic mass is 10.1. The number of carbonyl (C=O) groups is 1. The molecule has 1 heterocycles. The molecule has 0 aliphatic carbocycles. The molecule has 1 aromatic carbocycles. The maximum Gasteiger partial charge on any atom is 0.338 e. The van der Waals surface area contributed by atoms with E-state index >= 15 is 0 Å². The van der Waals surface area contributed by atoms with Gasteiger partial charge in [-0.15, -0.1) is 0 Å². The van der Waals surface area contributed by atoms with Crippen molar-refractivity contribution < 1.29 is 19.1 Å². The van der Waals surface area contributed by atoms with Gasteiger partial charge in [0, 0.05) is 6.04 Å². The summed E-state index contributed by atoms with van der Waals surface area (Å²) >= 11 is 0. The van der Waals surface area contributed by atoms with Crippen LogP contribution >= 0.6 is 0 Å². The SMILES string of the molecule is COc1cccc([C@@H](C)NCc2cc(C(=O)O)co2)c1. The molecule has 0 saturated heterocycles. The summed E-state index contributed by atoms with van der Waals surface area (Å²) in [5.74, 6) is 0.417. The molecular formula is C15H17NO4. The Morgan fingerprint density at radius 3 is 2.90 bits per heavy atom. The van der Waals surface area contributed by atoms with Crippen LogP contribution in [-0.4, -0.2) is 18.2 Å². The lowest BCUT2D eigenvalue weighted by molar-refractivity contribution is 0.0696. The van der Waals surface area contributed by atoms with Gasteiger partial charge in [0.05, 0.1) is 19.2 Å². The number of carboxylic acids is 1. The molecule has 0 saturated carbocycles. The van der Waals surface area contributed by atoms with Crippen LogP contribution in [0, 0.1) is 0 Å². The number of methoxy groups -OCH3 is 1. The molecule has 0 spiro atoms. The average molecular weight is 275 g/mol. The maximum absolute atomic E-state index is 10.8. The Morgan fingerprint density at radius 1 is 1.45 bits per heavy atom. The van der Waals surface area contributed by atoms with Crippen LogP contribution in [-0.2, 0) is 6.54 Å². The van der Waals surface area contributed by atoms with Crippen LogP contribution in [0.3, 0.4) is 0 Å². The summed E-state index contributed by atoms with van der Waals surface area (Å²) in [7, 11) is 1.63. The lowest BCUT2D eigenvalue weighted by Gasteiger charge is -2.14. The Balaban J connectivity index is 1.96. The summed E-state index contributed by atoms with van der Waals surface area (Å²) in [6.45, 7) is 2.49. The largest absolute Gasteiger partial charge is 0.497 e. The zero-order valence-electron chi connectivity index (χ0n) is 11.4. The quantitative estimate of drug-likeness (QED) is 0.848. The summed E-state index contributed by atoms with van der Waals surface area (Å²) in [5, 5.41) is 12.1. The van der Waals surface area contributed by atoms with Gasteiger partial charge in [-0.3, -0.25) is 0 Å². The molecule has 0 aliphatic heterocycles. The van der Waals surface area contributed by atoms with E-state index in [2.05, 4.69) is 5.32 Å². The third kappa shape index (κ3) is 3.39. The molecule has 20 heavy (non-hydrogen) atoms. The van der Waals surface area contributed by atoms with Crippen LogP contribution in [0.4, 0.5) is 0 Å². The Bertz CT molecular complexity index is 591. The smallest absolute Gasteiger partial charge is 0.338 e. The first-order valence-electron chi connectivity index (χ1n) is 6.28. The van der Waals surface area contributed by atoms with E-state index in [1.165, 1.54) is 12.3 Å². The van der Waals surface area contributed by atoms with E-state index in [1.54, 1.807) is 7.11 Å². The molecule has 2 N–H and O–H groups in total. The average Bonchev–Trinajstić information content (AvgIpc) is 2.94. The number of hydrogen-bond acceptors (Lipinski definition) is 4. The van der Waals surface area contributed by atoms with E-state index in [4.69, 9.17) is 14.3 Å². The van der Waals surface area contributed by atoms with Gasteiger partial charge in [0.25, 0.3) is 0 Å². The number of nitrogens with one attached hydrogen (secondary N) is 1. The van der Waals surface area contributed by atoms with Gasteiger partial charge in [-0.05, 0) is 30.7 Å². The first-order chi connectivity index (χ1) is 9.60. The minimum atomic E-state index is -0.985. The van der Waals surface area contributed by atoms with E-state index in [9.17, 15) is 4.79 Å². The molecule has 5 heteroatoms. The zero-order valence-corrected chi connectivity index (χ0v) is 11.4. The van der Waals surface area contributed by atoms with Crippen LogP contribution in [0.5, 0.6) is 5.75 Å². The number of rotatable bonds is 6. The minimum Gasteiger partial charge on any atom is -0.497 e. The highest BCUT2D eigenvalue weighted by Gasteiger charge is 2.10.